The lowest BCUT2D eigenvalue weighted by Gasteiger charge is -2.19. The predicted octanol–water partition coefficient (Wildman–Crippen LogP) is 1.45. The molecule has 3 rings (SSSR count). The van der Waals surface area contributed by atoms with Crippen molar-refractivity contribution in [3.8, 4) is 11.5 Å². The second-order valence-corrected chi connectivity index (χ2v) is 5.63. The van der Waals surface area contributed by atoms with Gasteiger partial charge in [0, 0.05) is 12.1 Å². The predicted molar refractivity (Wildman–Crippen MR) is 78.8 cm³/mol. The zero-order valence-corrected chi connectivity index (χ0v) is 12.2. The minimum Gasteiger partial charge on any atom is -0.497 e. The zero-order chi connectivity index (χ0) is 15.7. The molecule has 1 amide bonds. The second-order valence-electron chi connectivity index (χ2n) is 5.63. The van der Waals surface area contributed by atoms with Crippen LogP contribution < -0.4 is 14.8 Å². The van der Waals surface area contributed by atoms with Crippen LogP contribution in [0.25, 0.3) is 6.08 Å². The summed E-state index contributed by atoms with van der Waals surface area (Å²) in [5, 5.41) is 11.8. The molecular formula is C16H17NO5. The molecule has 1 aromatic carbocycles. The maximum Gasteiger partial charge on any atom is 0.311 e. The number of hydrogen-bond donors (Lipinski definition) is 2. The van der Waals surface area contributed by atoms with E-state index in [9.17, 15) is 9.59 Å². The molecule has 1 fully saturated rings. The van der Waals surface area contributed by atoms with E-state index in [1.165, 1.54) is 0 Å². The van der Waals surface area contributed by atoms with Crippen LogP contribution in [0.4, 0.5) is 0 Å². The number of fused-ring (bicyclic) bond motifs is 1. The van der Waals surface area contributed by atoms with Crippen LogP contribution in [0.2, 0.25) is 0 Å². The maximum absolute atomic E-state index is 12.2. The van der Waals surface area contributed by atoms with Gasteiger partial charge in [0.1, 0.15) is 18.1 Å². The van der Waals surface area contributed by atoms with Crippen molar-refractivity contribution in [3.05, 3.63) is 29.3 Å². The van der Waals surface area contributed by atoms with Crippen LogP contribution in [0.5, 0.6) is 11.5 Å². The summed E-state index contributed by atoms with van der Waals surface area (Å²) in [5.74, 6) is 0.238. The zero-order valence-electron chi connectivity index (χ0n) is 12.2. The second kappa shape index (κ2) is 5.36. The Kier molecular flexibility index (Phi) is 3.52. The van der Waals surface area contributed by atoms with E-state index in [-0.39, 0.29) is 19.1 Å². The van der Waals surface area contributed by atoms with Crippen molar-refractivity contribution in [1.29, 1.82) is 0 Å². The normalized spacial score (nSPS) is 17.6. The molecule has 1 heterocycles. The number of methoxy groups -OCH3 is 1. The maximum atomic E-state index is 12.2. The molecule has 0 radical (unpaired) electrons. The Morgan fingerprint density at radius 1 is 1.41 bits per heavy atom. The summed E-state index contributed by atoms with van der Waals surface area (Å²) in [6.45, 7) is 0.328. The van der Waals surface area contributed by atoms with Crippen molar-refractivity contribution in [2.45, 2.75) is 12.8 Å². The van der Waals surface area contributed by atoms with Crippen molar-refractivity contribution < 1.29 is 24.2 Å². The van der Waals surface area contributed by atoms with Gasteiger partial charge in [-0.2, -0.15) is 0 Å². The van der Waals surface area contributed by atoms with Crippen LogP contribution in [0.15, 0.2) is 23.8 Å². The summed E-state index contributed by atoms with van der Waals surface area (Å²) in [7, 11) is 1.57. The molecule has 6 heteroatoms. The highest BCUT2D eigenvalue weighted by Crippen LogP contribution is 2.45. The quantitative estimate of drug-likeness (QED) is 0.860. The fraction of sp³-hybridized carbons (Fsp3) is 0.375. The standard InChI is InChI=1S/C16H17NO5/c1-21-12-2-3-13-10(7-12)6-11(8-22-13)14(18)17-9-16(4-5-16)15(19)20/h2-3,6-7H,4-5,8-9H2,1H3,(H,17,18)(H,19,20). The highest BCUT2D eigenvalue weighted by molar-refractivity contribution is 5.99. The van der Waals surface area contributed by atoms with Gasteiger partial charge >= 0.3 is 5.97 Å². The monoisotopic (exact) mass is 303 g/mol. The molecule has 0 atom stereocenters. The van der Waals surface area contributed by atoms with Crippen molar-refractivity contribution in [1.82, 2.24) is 5.32 Å². The van der Waals surface area contributed by atoms with E-state index in [1.807, 2.05) is 0 Å². The van der Waals surface area contributed by atoms with Crippen LogP contribution in [0.3, 0.4) is 0 Å². The van der Waals surface area contributed by atoms with E-state index in [0.29, 0.717) is 29.9 Å². The summed E-state index contributed by atoms with van der Waals surface area (Å²) in [4.78, 5) is 23.3. The lowest BCUT2D eigenvalue weighted by Crippen LogP contribution is -2.36. The average molecular weight is 303 g/mol. The third-order valence-corrected chi connectivity index (χ3v) is 4.12. The summed E-state index contributed by atoms with van der Waals surface area (Å²) < 4.78 is 10.7. The molecule has 1 aliphatic carbocycles. The smallest absolute Gasteiger partial charge is 0.311 e. The number of carbonyl (C=O) groups is 2. The number of carbonyl (C=O) groups excluding carboxylic acids is 1. The lowest BCUT2D eigenvalue weighted by atomic mass is 10.1. The van der Waals surface area contributed by atoms with Gasteiger partial charge in [-0.15, -0.1) is 0 Å². The third-order valence-electron chi connectivity index (χ3n) is 4.12. The number of amides is 1. The summed E-state index contributed by atoms with van der Waals surface area (Å²) >= 11 is 0. The number of aliphatic carboxylic acids is 1. The lowest BCUT2D eigenvalue weighted by molar-refractivity contribution is -0.143. The molecule has 1 aromatic rings. The summed E-state index contributed by atoms with van der Waals surface area (Å²) in [6, 6.07) is 5.38. The van der Waals surface area contributed by atoms with Gasteiger partial charge in [-0.25, -0.2) is 0 Å². The third kappa shape index (κ3) is 2.64. The first-order valence-electron chi connectivity index (χ1n) is 7.07. The SMILES string of the molecule is COc1ccc2c(c1)C=C(C(=O)NCC1(C(=O)O)CC1)CO2. The van der Waals surface area contributed by atoms with Crippen LogP contribution in [0.1, 0.15) is 18.4 Å². The molecule has 1 aliphatic heterocycles. The fourth-order valence-corrected chi connectivity index (χ4v) is 2.39. The topological polar surface area (TPSA) is 84.9 Å². The Labute approximate surface area is 127 Å². The van der Waals surface area contributed by atoms with Gasteiger partial charge in [0.25, 0.3) is 5.91 Å². The molecular weight excluding hydrogens is 286 g/mol. The molecule has 2 N–H and O–H groups in total. The van der Waals surface area contributed by atoms with Gasteiger partial charge in [-0.05, 0) is 37.1 Å². The number of benzene rings is 1. The molecule has 0 saturated heterocycles. The van der Waals surface area contributed by atoms with Gasteiger partial charge in [0.2, 0.25) is 0 Å². The Bertz CT molecular complexity index is 661. The first kappa shape index (κ1) is 14.4. The Morgan fingerprint density at radius 3 is 2.82 bits per heavy atom. The van der Waals surface area contributed by atoms with Gasteiger partial charge < -0.3 is 19.9 Å². The van der Waals surface area contributed by atoms with Crippen molar-refractivity contribution >= 4 is 18.0 Å². The van der Waals surface area contributed by atoms with Gasteiger partial charge in [0.05, 0.1) is 18.1 Å². The molecule has 0 aromatic heterocycles. The number of carboxylic acids is 1. The Balaban J connectivity index is 1.70. The highest BCUT2D eigenvalue weighted by Gasteiger charge is 2.50. The first-order valence-corrected chi connectivity index (χ1v) is 7.07. The van der Waals surface area contributed by atoms with Crippen LogP contribution >= 0.6 is 0 Å². The molecule has 0 bridgehead atoms. The molecule has 22 heavy (non-hydrogen) atoms. The molecule has 1 saturated carbocycles. The largest absolute Gasteiger partial charge is 0.497 e. The minimum atomic E-state index is -0.850. The number of carboxylic acid groups (broad SMARTS) is 1. The molecule has 2 aliphatic rings. The number of rotatable bonds is 5. The van der Waals surface area contributed by atoms with Crippen LogP contribution in [-0.2, 0) is 9.59 Å². The molecule has 6 nitrogen and oxygen atoms in total. The fourth-order valence-electron chi connectivity index (χ4n) is 2.39. The van der Waals surface area contributed by atoms with Crippen molar-refractivity contribution in [2.24, 2.45) is 5.41 Å². The molecule has 116 valence electrons. The number of hydrogen-bond acceptors (Lipinski definition) is 4. The van der Waals surface area contributed by atoms with E-state index in [4.69, 9.17) is 14.6 Å². The number of ether oxygens (including phenoxy) is 2. The summed E-state index contributed by atoms with van der Waals surface area (Å²) in [5.41, 5.74) is 0.476. The summed E-state index contributed by atoms with van der Waals surface area (Å²) in [6.07, 6.45) is 2.97. The Morgan fingerprint density at radius 2 is 2.18 bits per heavy atom. The van der Waals surface area contributed by atoms with Crippen molar-refractivity contribution in [3.63, 3.8) is 0 Å². The highest BCUT2D eigenvalue weighted by atomic mass is 16.5. The van der Waals surface area contributed by atoms with Gasteiger partial charge in [0.15, 0.2) is 0 Å². The van der Waals surface area contributed by atoms with E-state index < -0.39 is 11.4 Å². The van der Waals surface area contributed by atoms with E-state index >= 15 is 0 Å². The van der Waals surface area contributed by atoms with Crippen LogP contribution in [-0.4, -0.2) is 37.2 Å². The minimum absolute atomic E-state index is 0.156. The number of nitrogens with one attached hydrogen (secondary N) is 1. The van der Waals surface area contributed by atoms with E-state index in [2.05, 4.69) is 5.32 Å². The Hall–Kier alpha value is -2.50. The van der Waals surface area contributed by atoms with Crippen molar-refractivity contribution in [2.75, 3.05) is 20.3 Å². The van der Waals surface area contributed by atoms with Gasteiger partial charge in [-0.3, -0.25) is 9.59 Å². The van der Waals surface area contributed by atoms with Gasteiger partial charge in [-0.1, -0.05) is 0 Å². The molecule has 0 spiro atoms. The average Bonchev–Trinajstić information content (AvgIpc) is 3.32. The van der Waals surface area contributed by atoms with E-state index in [1.54, 1.807) is 31.4 Å². The first-order chi connectivity index (χ1) is 10.5. The molecule has 0 unspecified atom stereocenters. The van der Waals surface area contributed by atoms with Crippen LogP contribution in [0, 0.1) is 5.41 Å². The van der Waals surface area contributed by atoms with E-state index in [0.717, 1.165) is 5.56 Å².